The summed E-state index contributed by atoms with van der Waals surface area (Å²) in [7, 11) is 1.60. The number of hydrogen-bond acceptors (Lipinski definition) is 6. The molecule has 2 aliphatic rings. The van der Waals surface area contributed by atoms with Crippen LogP contribution in [0.25, 0.3) is 0 Å². The summed E-state index contributed by atoms with van der Waals surface area (Å²) < 4.78 is 5.34. The highest BCUT2D eigenvalue weighted by molar-refractivity contribution is 6.36. The van der Waals surface area contributed by atoms with Gasteiger partial charge in [-0.25, -0.2) is 4.98 Å². The highest BCUT2D eigenvalue weighted by atomic mass is 35.5. The van der Waals surface area contributed by atoms with Gasteiger partial charge < -0.3 is 14.5 Å². The summed E-state index contributed by atoms with van der Waals surface area (Å²) in [5.41, 5.74) is 2.54. The molecule has 33 heavy (non-hydrogen) atoms. The van der Waals surface area contributed by atoms with Crippen LogP contribution >= 0.6 is 34.8 Å². The standard InChI is InChI=1S/C23H26Cl3N5O2/c1-14-12-29(17-5-6-18(24)19(10-17)33-3)8-9-30(14)21(32)13-31-15(2)22(26)23(28-31)16-4-7-20(25)27-11-16/h4-7,10-11,14-15,22H,8-9,12-13H2,1-3H3/t14-,15?,22?/m0/s1. The van der Waals surface area contributed by atoms with Crippen LogP contribution in [0.3, 0.4) is 0 Å². The highest BCUT2D eigenvalue weighted by Crippen LogP contribution is 2.31. The van der Waals surface area contributed by atoms with Crippen molar-refractivity contribution in [3.8, 4) is 5.75 Å². The Bertz CT molecular complexity index is 1050. The predicted molar refractivity (Wildman–Crippen MR) is 133 cm³/mol. The summed E-state index contributed by atoms with van der Waals surface area (Å²) in [6.07, 6.45) is 1.65. The van der Waals surface area contributed by atoms with Crippen LogP contribution in [0.1, 0.15) is 19.4 Å². The van der Waals surface area contributed by atoms with E-state index < -0.39 is 0 Å². The first-order valence-electron chi connectivity index (χ1n) is 10.8. The van der Waals surface area contributed by atoms with Gasteiger partial charge in [0.15, 0.2) is 0 Å². The second kappa shape index (κ2) is 9.95. The largest absolute Gasteiger partial charge is 0.495 e. The van der Waals surface area contributed by atoms with Crippen LogP contribution in [0.4, 0.5) is 5.69 Å². The van der Waals surface area contributed by atoms with Crippen molar-refractivity contribution < 1.29 is 9.53 Å². The van der Waals surface area contributed by atoms with E-state index in [-0.39, 0.29) is 29.9 Å². The number of carbonyl (C=O) groups is 1. The van der Waals surface area contributed by atoms with Gasteiger partial charge in [0.1, 0.15) is 17.4 Å². The zero-order valence-corrected chi connectivity index (χ0v) is 21.0. The van der Waals surface area contributed by atoms with Crippen molar-refractivity contribution in [3.05, 3.63) is 52.3 Å². The third-order valence-electron chi connectivity index (χ3n) is 6.16. The smallest absolute Gasteiger partial charge is 0.244 e. The number of aromatic nitrogens is 1. The van der Waals surface area contributed by atoms with Crippen LogP contribution in [-0.2, 0) is 4.79 Å². The molecular weight excluding hydrogens is 485 g/mol. The van der Waals surface area contributed by atoms with Crippen molar-refractivity contribution in [2.75, 3.05) is 38.2 Å². The molecule has 3 atom stereocenters. The van der Waals surface area contributed by atoms with Crippen molar-refractivity contribution in [2.45, 2.75) is 31.3 Å². The monoisotopic (exact) mass is 509 g/mol. The van der Waals surface area contributed by atoms with Crippen LogP contribution in [0.15, 0.2) is 41.6 Å². The minimum Gasteiger partial charge on any atom is -0.495 e. The van der Waals surface area contributed by atoms with E-state index in [1.165, 1.54) is 0 Å². The molecule has 0 N–H and O–H groups in total. The molecule has 3 heterocycles. The molecule has 2 aromatic rings. The van der Waals surface area contributed by atoms with Crippen molar-refractivity contribution in [2.24, 2.45) is 5.10 Å². The molecule has 4 rings (SSSR count). The van der Waals surface area contributed by atoms with Gasteiger partial charge in [-0.05, 0) is 38.1 Å². The molecule has 2 aliphatic heterocycles. The molecule has 1 saturated heterocycles. The van der Waals surface area contributed by atoms with Crippen LogP contribution in [0.2, 0.25) is 10.2 Å². The third-order valence-corrected chi connectivity index (χ3v) is 7.27. The number of rotatable bonds is 5. The maximum Gasteiger partial charge on any atom is 0.244 e. The lowest BCUT2D eigenvalue weighted by molar-refractivity contribution is -0.135. The Morgan fingerprint density at radius 3 is 2.64 bits per heavy atom. The average molecular weight is 511 g/mol. The lowest BCUT2D eigenvalue weighted by Crippen LogP contribution is -2.56. The molecule has 1 amide bonds. The number of carbonyl (C=O) groups excluding carboxylic acids is 1. The van der Waals surface area contributed by atoms with Gasteiger partial charge in [-0.15, -0.1) is 11.6 Å². The summed E-state index contributed by atoms with van der Waals surface area (Å²) >= 11 is 18.7. The summed E-state index contributed by atoms with van der Waals surface area (Å²) in [6.45, 7) is 6.26. The highest BCUT2D eigenvalue weighted by Gasteiger charge is 2.36. The van der Waals surface area contributed by atoms with Crippen molar-refractivity contribution in [1.29, 1.82) is 0 Å². The third kappa shape index (κ3) is 5.00. The molecule has 10 heteroatoms. The van der Waals surface area contributed by atoms with E-state index in [0.717, 1.165) is 24.3 Å². The van der Waals surface area contributed by atoms with Gasteiger partial charge in [-0.2, -0.15) is 5.10 Å². The van der Waals surface area contributed by atoms with Gasteiger partial charge in [-0.1, -0.05) is 23.2 Å². The molecular formula is C23H26Cl3N5O2. The molecule has 1 aromatic carbocycles. The van der Waals surface area contributed by atoms with Crippen LogP contribution in [0, 0.1) is 0 Å². The Balaban J connectivity index is 1.41. The van der Waals surface area contributed by atoms with E-state index in [0.29, 0.717) is 28.2 Å². The molecule has 2 unspecified atom stereocenters. The van der Waals surface area contributed by atoms with Crippen LogP contribution in [-0.4, -0.2) is 77.3 Å². The Kier molecular flexibility index (Phi) is 7.22. The lowest BCUT2D eigenvalue weighted by Gasteiger charge is -2.41. The normalized spacial score (nSPS) is 23.0. The minimum atomic E-state index is -0.338. The number of methoxy groups -OCH3 is 1. The number of ether oxygens (including phenoxy) is 1. The van der Waals surface area contributed by atoms with Crippen LogP contribution in [0.5, 0.6) is 5.75 Å². The fraction of sp³-hybridized carbons (Fsp3) is 0.435. The topological polar surface area (TPSA) is 61.3 Å². The Labute approximate surface area is 208 Å². The van der Waals surface area contributed by atoms with E-state index >= 15 is 0 Å². The van der Waals surface area contributed by atoms with Crippen molar-refractivity contribution >= 4 is 52.1 Å². The second-order valence-corrected chi connectivity index (χ2v) is 9.56. The summed E-state index contributed by atoms with van der Waals surface area (Å²) in [5, 5.41) is 7.07. The maximum atomic E-state index is 13.2. The first-order valence-corrected chi connectivity index (χ1v) is 12.0. The number of hydrazone groups is 1. The number of halogens is 3. The van der Waals surface area contributed by atoms with Gasteiger partial charge >= 0.3 is 0 Å². The molecule has 0 radical (unpaired) electrons. The van der Waals surface area contributed by atoms with E-state index in [4.69, 9.17) is 39.5 Å². The Morgan fingerprint density at radius 1 is 1.18 bits per heavy atom. The first-order chi connectivity index (χ1) is 15.8. The number of pyridine rings is 1. The Hall–Kier alpha value is -2.22. The fourth-order valence-electron chi connectivity index (χ4n) is 4.23. The fourth-order valence-corrected chi connectivity index (χ4v) is 4.83. The van der Waals surface area contributed by atoms with Gasteiger partial charge in [-0.3, -0.25) is 9.80 Å². The molecule has 0 spiro atoms. The number of alkyl halides is 1. The lowest BCUT2D eigenvalue weighted by atomic mass is 10.1. The molecule has 0 aliphatic carbocycles. The zero-order valence-electron chi connectivity index (χ0n) is 18.7. The van der Waals surface area contributed by atoms with Crippen LogP contribution < -0.4 is 9.64 Å². The second-order valence-electron chi connectivity index (χ2n) is 8.30. The van der Waals surface area contributed by atoms with E-state index in [1.807, 2.05) is 36.1 Å². The van der Waals surface area contributed by atoms with Gasteiger partial charge in [0.05, 0.1) is 29.3 Å². The van der Waals surface area contributed by atoms with Gasteiger partial charge in [0.25, 0.3) is 0 Å². The van der Waals surface area contributed by atoms with E-state index in [1.54, 1.807) is 24.4 Å². The molecule has 7 nitrogen and oxygen atoms in total. The average Bonchev–Trinajstić information content (AvgIpc) is 3.08. The SMILES string of the molecule is COc1cc(N2CCN(C(=O)CN3N=C(c4ccc(Cl)nc4)C(Cl)C3C)[C@@H](C)C2)ccc1Cl. The summed E-state index contributed by atoms with van der Waals surface area (Å²) in [4.78, 5) is 21.4. The molecule has 1 aromatic heterocycles. The summed E-state index contributed by atoms with van der Waals surface area (Å²) in [5.74, 6) is 0.675. The number of nitrogens with zero attached hydrogens (tertiary/aromatic N) is 5. The van der Waals surface area contributed by atoms with E-state index in [9.17, 15) is 4.79 Å². The van der Waals surface area contributed by atoms with Crippen molar-refractivity contribution in [1.82, 2.24) is 14.9 Å². The number of piperazine rings is 1. The Morgan fingerprint density at radius 2 is 1.97 bits per heavy atom. The maximum absolute atomic E-state index is 13.2. The predicted octanol–water partition coefficient (Wildman–Crippen LogP) is 4.15. The molecule has 0 bridgehead atoms. The first kappa shape index (κ1) is 23.9. The quantitative estimate of drug-likeness (QED) is 0.447. The molecule has 0 saturated carbocycles. The van der Waals surface area contributed by atoms with Gasteiger partial charge in [0.2, 0.25) is 5.91 Å². The van der Waals surface area contributed by atoms with Crippen molar-refractivity contribution in [3.63, 3.8) is 0 Å². The minimum absolute atomic E-state index is 0.0331. The number of amides is 1. The number of benzene rings is 1. The van der Waals surface area contributed by atoms with Gasteiger partial charge in [0, 0.05) is 49.2 Å². The number of hydrogen-bond donors (Lipinski definition) is 0. The molecule has 1 fully saturated rings. The zero-order chi connectivity index (χ0) is 23.7. The summed E-state index contributed by atoms with van der Waals surface area (Å²) in [6, 6.07) is 9.22. The van der Waals surface area contributed by atoms with E-state index in [2.05, 4.69) is 21.9 Å². The number of anilines is 1. The molecule has 176 valence electrons.